The number of carbonyl (C=O) groups is 2. The van der Waals surface area contributed by atoms with Crippen LogP contribution in [0.15, 0.2) is 24.3 Å². The van der Waals surface area contributed by atoms with E-state index in [2.05, 4.69) is 0 Å². The topological polar surface area (TPSA) is 55.8 Å². The molecule has 0 unspecified atom stereocenters. The van der Waals surface area contributed by atoms with Gasteiger partial charge in [0.15, 0.2) is 0 Å². The van der Waals surface area contributed by atoms with Gasteiger partial charge in [-0.05, 0) is 31.0 Å². The van der Waals surface area contributed by atoms with Crippen molar-refractivity contribution in [1.29, 1.82) is 0 Å². The van der Waals surface area contributed by atoms with Gasteiger partial charge in [-0.1, -0.05) is 19.1 Å². The predicted molar refractivity (Wildman–Crippen MR) is 84.8 cm³/mol. The summed E-state index contributed by atoms with van der Waals surface area (Å²) < 4.78 is 10.0. The minimum Gasteiger partial charge on any atom is -0.497 e. The Morgan fingerprint density at radius 3 is 2.32 bits per heavy atom. The summed E-state index contributed by atoms with van der Waals surface area (Å²) in [4.78, 5) is 25.1. The van der Waals surface area contributed by atoms with Gasteiger partial charge in [0.2, 0.25) is 5.91 Å². The summed E-state index contributed by atoms with van der Waals surface area (Å²) in [7, 11) is 1.63. The number of hydrogen-bond donors (Lipinski definition) is 0. The first-order valence-corrected chi connectivity index (χ1v) is 7.67. The first-order valence-electron chi connectivity index (χ1n) is 7.67. The third-order valence-electron chi connectivity index (χ3n) is 3.38. The molecular formula is C17H25NO4. The molecule has 1 aromatic rings. The lowest BCUT2D eigenvalue weighted by molar-refractivity contribution is -0.144. The monoisotopic (exact) mass is 307 g/mol. The predicted octanol–water partition coefficient (Wildman–Crippen LogP) is 2.43. The smallest absolute Gasteiger partial charge is 0.307 e. The molecule has 5 heteroatoms. The second-order valence-corrected chi connectivity index (χ2v) is 4.89. The van der Waals surface area contributed by atoms with Crippen LogP contribution in [0.2, 0.25) is 0 Å². The molecule has 0 aromatic heterocycles. The van der Waals surface area contributed by atoms with E-state index in [0.717, 1.165) is 17.7 Å². The highest BCUT2D eigenvalue weighted by Crippen LogP contribution is 2.12. The zero-order valence-corrected chi connectivity index (χ0v) is 13.6. The van der Waals surface area contributed by atoms with Crippen LogP contribution >= 0.6 is 0 Å². The Hall–Kier alpha value is -2.04. The number of hydrogen-bond acceptors (Lipinski definition) is 4. The van der Waals surface area contributed by atoms with Gasteiger partial charge in [0.25, 0.3) is 0 Å². The molecule has 0 atom stereocenters. The molecule has 0 N–H and O–H groups in total. The lowest BCUT2D eigenvalue weighted by Crippen LogP contribution is -2.34. The van der Waals surface area contributed by atoms with Gasteiger partial charge in [0.05, 0.1) is 20.1 Å². The maximum Gasteiger partial charge on any atom is 0.307 e. The van der Waals surface area contributed by atoms with Gasteiger partial charge < -0.3 is 14.4 Å². The Bertz CT molecular complexity index is 470. The molecule has 0 spiro atoms. The SMILES string of the molecule is CCOC(=O)CCN(CCc1ccc(OC)cc1)C(=O)CC. The summed E-state index contributed by atoms with van der Waals surface area (Å²) in [6.45, 7) is 4.97. The van der Waals surface area contributed by atoms with E-state index in [1.54, 1.807) is 18.9 Å². The lowest BCUT2D eigenvalue weighted by atomic mass is 10.1. The van der Waals surface area contributed by atoms with Crippen LogP contribution in [-0.2, 0) is 20.7 Å². The van der Waals surface area contributed by atoms with E-state index in [-0.39, 0.29) is 18.3 Å². The summed E-state index contributed by atoms with van der Waals surface area (Å²) in [5, 5.41) is 0. The molecule has 0 aliphatic rings. The van der Waals surface area contributed by atoms with Gasteiger partial charge in [0, 0.05) is 19.5 Å². The molecule has 0 saturated heterocycles. The molecule has 1 rings (SSSR count). The average Bonchev–Trinajstić information content (AvgIpc) is 2.55. The largest absolute Gasteiger partial charge is 0.497 e. The third kappa shape index (κ3) is 6.16. The minimum atomic E-state index is -0.263. The van der Waals surface area contributed by atoms with E-state index in [1.165, 1.54) is 0 Å². The molecule has 22 heavy (non-hydrogen) atoms. The Balaban J connectivity index is 2.53. The molecule has 0 saturated carbocycles. The van der Waals surface area contributed by atoms with Gasteiger partial charge in [-0.3, -0.25) is 9.59 Å². The second kappa shape index (κ2) is 9.82. The van der Waals surface area contributed by atoms with Gasteiger partial charge in [0.1, 0.15) is 5.75 Å². The molecule has 0 aliphatic heterocycles. The van der Waals surface area contributed by atoms with Gasteiger partial charge >= 0.3 is 5.97 Å². The molecule has 1 aromatic carbocycles. The number of benzene rings is 1. The van der Waals surface area contributed by atoms with Crippen molar-refractivity contribution in [3.05, 3.63) is 29.8 Å². The number of esters is 1. The van der Waals surface area contributed by atoms with Crippen molar-refractivity contribution in [1.82, 2.24) is 4.90 Å². The molecule has 0 fully saturated rings. The van der Waals surface area contributed by atoms with Crippen LogP contribution in [0, 0.1) is 0 Å². The molecule has 0 aliphatic carbocycles. The van der Waals surface area contributed by atoms with E-state index in [9.17, 15) is 9.59 Å². The molecule has 0 heterocycles. The van der Waals surface area contributed by atoms with Crippen molar-refractivity contribution in [3.63, 3.8) is 0 Å². The number of rotatable bonds is 9. The zero-order chi connectivity index (χ0) is 16.4. The Kier molecular flexibility index (Phi) is 8.04. The first kappa shape index (κ1) is 18.0. The summed E-state index contributed by atoms with van der Waals surface area (Å²) in [5.41, 5.74) is 1.13. The van der Waals surface area contributed by atoms with E-state index >= 15 is 0 Å². The van der Waals surface area contributed by atoms with Crippen molar-refractivity contribution in [2.24, 2.45) is 0 Å². The lowest BCUT2D eigenvalue weighted by Gasteiger charge is -2.22. The fraction of sp³-hybridized carbons (Fsp3) is 0.529. The summed E-state index contributed by atoms with van der Waals surface area (Å²) >= 11 is 0. The van der Waals surface area contributed by atoms with Crippen LogP contribution in [0.3, 0.4) is 0 Å². The average molecular weight is 307 g/mol. The highest BCUT2D eigenvalue weighted by Gasteiger charge is 2.13. The van der Waals surface area contributed by atoms with Crippen molar-refractivity contribution in [2.45, 2.75) is 33.1 Å². The Labute approximate surface area is 132 Å². The summed E-state index contributed by atoms with van der Waals surface area (Å²) in [5.74, 6) is 0.603. The Morgan fingerprint density at radius 2 is 1.77 bits per heavy atom. The second-order valence-electron chi connectivity index (χ2n) is 4.89. The van der Waals surface area contributed by atoms with Crippen LogP contribution in [0.4, 0.5) is 0 Å². The van der Waals surface area contributed by atoms with Crippen LogP contribution in [0.1, 0.15) is 32.3 Å². The summed E-state index contributed by atoms with van der Waals surface area (Å²) in [6.07, 6.45) is 1.42. The van der Waals surface area contributed by atoms with E-state index in [1.807, 2.05) is 31.2 Å². The number of ether oxygens (including phenoxy) is 2. The maximum atomic E-state index is 12.0. The molecular weight excluding hydrogens is 282 g/mol. The van der Waals surface area contributed by atoms with E-state index in [0.29, 0.717) is 26.1 Å². The van der Waals surface area contributed by atoms with Gasteiger partial charge in [-0.25, -0.2) is 0 Å². The quantitative estimate of drug-likeness (QED) is 0.658. The zero-order valence-electron chi connectivity index (χ0n) is 13.6. The van der Waals surface area contributed by atoms with Crippen LogP contribution in [0.25, 0.3) is 0 Å². The normalized spacial score (nSPS) is 10.1. The van der Waals surface area contributed by atoms with Gasteiger partial charge in [-0.15, -0.1) is 0 Å². The number of methoxy groups -OCH3 is 1. The van der Waals surface area contributed by atoms with Crippen LogP contribution < -0.4 is 4.74 Å². The van der Waals surface area contributed by atoms with Crippen LogP contribution in [-0.4, -0.2) is 43.6 Å². The molecule has 0 radical (unpaired) electrons. The van der Waals surface area contributed by atoms with Crippen molar-refractivity contribution in [2.75, 3.05) is 26.8 Å². The van der Waals surface area contributed by atoms with E-state index < -0.39 is 0 Å². The maximum absolute atomic E-state index is 12.0. The fourth-order valence-corrected chi connectivity index (χ4v) is 2.10. The molecule has 122 valence electrons. The van der Waals surface area contributed by atoms with Crippen LogP contribution in [0.5, 0.6) is 5.75 Å². The van der Waals surface area contributed by atoms with E-state index in [4.69, 9.17) is 9.47 Å². The molecule has 5 nitrogen and oxygen atoms in total. The highest BCUT2D eigenvalue weighted by atomic mass is 16.5. The van der Waals surface area contributed by atoms with Gasteiger partial charge in [-0.2, -0.15) is 0 Å². The summed E-state index contributed by atoms with van der Waals surface area (Å²) in [6, 6.07) is 7.78. The number of carbonyl (C=O) groups excluding carboxylic acids is 2. The highest BCUT2D eigenvalue weighted by molar-refractivity contribution is 5.77. The molecule has 1 amide bonds. The standard InChI is InChI=1S/C17H25NO4/c1-4-16(19)18(13-11-17(20)22-5-2)12-10-14-6-8-15(21-3)9-7-14/h6-9H,4-5,10-13H2,1-3H3. The first-order chi connectivity index (χ1) is 10.6. The minimum absolute atomic E-state index is 0.0535. The van der Waals surface area contributed by atoms with Crippen molar-refractivity contribution in [3.8, 4) is 5.75 Å². The number of nitrogens with zero attached hydrogens (tertiary/aromatic N) is 1. The van der Waals surface area contributed by atoms with Crippen molar-refractivity contribution >= 4 is 11.9 Å². The fourth-order valence-electron chi connectivity index (χ4n) is 2.10. The van der Waals surface area contributed by atoms with Crippen molar-refractivity contribution < 1.29 is 19.1 Å². The third-order valence-corrected chi connectivity index (χ3v) is 3.38. The molecule has 0 bridgehead atoms. The Morgan fingerprint density at radius 1 is 1.09 bits per heavy atom. The number of amides is 1.